The molecule has 0 radical (unpaired) electrons. The molecule has 1 amide bonds. The molecular weight excluding hydrogens is 202 g/mol. The largest absolute Gasteiger partial charge is 0.369 e. The summed E-state index contributed by atoms with van der Waals surface area (Å²) in [7, 11) is 0. The number of nitrogens with zero attached hydrogens (tertiary/aromatic N) is 1. The Labute approximate surface area is 99.1 Å². The Hall–Kier alpha value is -0.570. The molecule has 0 saturated carbocycles. The summed E-state index contributed by atoms with van der Waals surface area (Å²) >= 11 is 0. The number of hydrogen-bond donors (Lipinski definition) is 0. The summed E-state index contributed by atoms with van der Waals surface area (Å²) in [6.07, 6.45) is 6.01. The molecule has 0 aliphatic carbocycles. The van der Waals surface area contributed by atoms with Crippen molar-refractivity contribution in [1.29, 1.82) is 0 Å². The fourth-order valence-corrected chi connectivity index (χ4v) is 2.25. The lowest BCUT2D eigenvalue weighted by atomic mass is 10.1. The summed E-state index contributed by atoms with van der Waals surface area (Å²) in [5, 5.41) is 0. The first-order chi connectivity index (χ1) is 7.65. The van der Waals surface area contributed by atoms with Gasteiger partial charge in [0.25, 0.3) is 0 Å². The third kappa shape index (κ3) is 4.12. The highest BCUT2D eigenvalue weighted by molar-refractivity contribution is 5.77. The Bertz CT molecular complexity index is 216. The highest BCUT2D eigenvalue weighted by Crippen LogP contribution is 2.19. The maximum Gasteiger partial charge on any atom is 0.248 e. The summed E-state index contributed by atoms with van der Waals surface area (Å²) in [6.45, 7) is 7.26. The number of hydrogen-bond acceptors (Lipinski definition) is 2. The molecule has 0 aromatic carbocycles. The van der Waals surface area contributed by atoms with Crippen LogP contribution in [0.2, 0.25) is 0 Å². The summed E-state index contributed by atoms with van der Waals surface area (Å²) in [4.78, 5) is 14.1. The fourth-order valence-electron chi connectivity index (χ4n) is 2.25. The summed E-state index contributed by atoms with van der Waals surface area (Å²) in [5.41, 5.74) is 0. The van der Waals surface area contributed by atoms with E-state index >= 15 is 0 Å². The van der Waals surface area contributed by atoms with Crippen molar-refractivity contribution in [3.63, 3.8) is 0 Å². The first-order valence-electron chi connectivity index (χ1n) is 6.56. The molecule has 1 rings (SSSR count). The second-order valence-electron chi connectivity index (χ2n) is 4.86. The van der Waals surface area contributed by atoms with Gasteiger partial charge in [0.2, 0.25) is 5.91 Å². The van der Waals surface area contributed by atoms with E-state index in [4.69, 9.17) is 4.74 Å². The van der Waals surface area contributed by atoms with Crippen LogP contribution in [0, 0.1) is 0 Å². The van der Waals surface area contributed by atoms with Gasteiger partial charge in [0.05, 0.1) is 6.10 Å². The highest BCUT2D eigenvalue weighted by Gasteiger charge is 2.23. The molecule has 1 saturated heterocycles. The quantitative estimate of drug-likeness (QED) is 0.739. The van der Waals surface area contributed by atoms with Crippen LogP contribution in [-0.2, 0) is 9.53 Å². The third-order valence-corrected chi connectivity index (χ3v) is 3.21. The molecule has 0 spiro atoms. The summed E-state index contributed by atoms with van der Waals surface area (Å²) in [6, 6.07) is 0.436. The maximum absolute atomic E-state index is 12.0. The van der Waals surface area contributed by atoms with Gasteiger partial charge in [-0.15, -0.1) is 0 Å². The smallest absolute Gasteiger partial charge is 0.248 e. The average Bonchev–Trinajstić information content (AvgIpc) is 2.50. The zero-order chi connectivity index (χ0) is 12.0. The van der Waals surface area contributed by atoms with Crippen molar-refractivity contribution in [2.75, 3.05) is 13.2 Å². The Morgan fingerprint density at radius 1 is 1.38 bits per heavy atom. The minimum Gasteiger partial charge on any atom is -0.369 e. The van der Waals surface area contributed by atoms with Gasteiger partial charge in [0.15, 0.2) is 0 Å². The van der Waals surface area contributed by atoms with Crippen molar-refractivity contribution < 1.29 is 9.53 Å². The SMILES string of the molecule is CCC1CCCCCN1C(=O)COC(C)C. The van der Waals surface area contributed by atoms with Gasteiger partial charge in [-0.3, -0.25) is 4.79 Å². The van der Waals surface area contributed by atoms with Crippen LogP contribution in [0.25, 0.3) is 0 Å². The van der Waals surface area contributed by atoms with E-state index in [1.54, 1.807) is 0 Å². The lowest BCUT2D eigenvalue weighted by molar-refractivity contribution is -0.140. The zero-order valence-electron chi connectivity index (χ0n) is 10.9. The molecule has 1 fully saturated rings. The molecule has 0 bridgehead atoms. The molecular formula is C13H25NO2. The highest BCUT2D eigenvalue weighted by atomic mass is 16.5. The van der Waals surface area contributed by atoms with Gasteiger partial charge in [-0.05, 0) is 33.1 Å². The lowest BCUT2D eigenvalue weighted by Crippen LogP contribution is -2.42. The van der Waals surface area contributed by atoms with E-state index in [2.05, 4.69) is 6.92 Å². The van der Waals surface area contributed by atoms with Crippen LogP contribution in [0.3, 0.4) is 0 Å². The Morgan fingerprint density at radius 3 is 2.75 bits per heavy atom. The fraction of sp³-hybridized carbons (Fsp3) is 0.923. The van der Waals surface area contributed by atoms with Crippen LogP contribution in [0.1, 0.15) is 52.9 Å². The van der Waals surface area contributed by atoms with Crippen LogP contribution in [0.4, 0.5) is 0 Å². The van der Waals surface area contributed by atoms with Gasteiger partial charge < -0.3 is 9.64 Å². The molecule has 0 aromatic rings. The van der Waals surface area contributed by atoms with E-state index in [9.17, 15) is 4.79 Å². The molecule has 3 heteroatoms. The molecule has 94 valence electrons. The second kappa shape index (κ2) is 6.89. The number of rotatable bonds is 4. The summed E-state index contributed by atoms with van der Waals surface area (Å²) < 4.78 is 5.40. The predicted octanol–water partition coefficient (Wildman–Crippen LogP) is 2.59. The molecule has 1 atom stereocenters. The minimum absolute atomic E-state index is 0.135. The van der Waals surface area contributed by atoms with Crippen molar-refractivity contribution in [2.24, 2.45) is 0 Å². The second-order valence-corrected chi connectivity index (χ2v) is 4.86. The monoisotopic (exact) mass is 227 g/mol. The van der Waals surface area contributed by atoms with Crippen LogP contribution in [0.5, 0.6) is 0 Å². The third-order valence-electron chi connectivity index (χ3n) is 3.21. The van der Waals surface area contributed by atoms with Crippen molar-refractivity contribution in [3.05, 3.63) is 0 Å². The standard InChI is InChI=1S/C13H25NO2/c1-4-12-8-6-5-7-9-14(12)13(15)10-16-11(2)3/h11-12H,4-10H2,1-3H3. The number of carbonyl (C=O) groups is 1. The number of amides is 1. The Morgan fingerprint density at radius 2 is 2.12 bits per heavy atom. The Balaban J connectivity index is 2.49. The van der Waals surface area contributed by atoms with E-state index < -0.39 is 0 Å². The molecule has 1 aliphatic rings. The average molecular weight is 227 g/mol. The van der Waals surface area contributed by atoms with Crippen molar-refractivity contribution in [1.82, 2.24) is 4.90 Å². The number of likely N-dealkylation sites (tertiary alicyclic amines) is 1. The molecule has 0 N–H and O–H groups in total. The predicted molar refractivity (Wildman–Crippen MR) is 65.3 cm³/mol. The summed E-state index contributed by atoms with van der Waals surface area (Å²) in [5.74, 6) is 0.169. The first-order valence-corrected chi connectivity index (χ1v) is 6.56. The molecule has 1 unspecified atom stereocenters. The van der Waals surface area contributed by atoms with Crippen molar-refractivity contribution in [3.8, 4) is 0 Å². The van der Waals surface area contributed by atoms with Gasteiger partial charge in [-0.1, -0.05) is 19.8 Å². The van der Waals surface area contributed by atoms with E-state index in [0.717, 1.165) is 25.8 Å². The molecule has 1 aliphatic heterocycles. The van der Waals surface area contributed by atoms with E-state index in [-0.39, 0.29) is 18.6 Å². The minimum atomic E-state index is 0.135. The molecule has 0 aromatic heterocycles. The number of ether oxygens (including phenoxy) is 1. The maximum atomic E-state index is 12.0. The van der Waals surface area contributed by atoms with E-state index in [0.29, 0.717) is 6.04 Å². The van der Waals surface area contributed by atoms with Gasteiger partial charge >= 0.3 is 0 Å². The van der Waals surface area contributed by atoms with Crippen LogP contribution < -0.4 is 0 Å². The zero-order valence-corrected chi connectivity index (χ0v) is 10.9. The van der Waals surface area contributed by atoms with Crippen LogP contribution >= 0.6 is 0 Å². The molecule has 16 heavy (non-hydrogen) atoms. The topological polar surface area (TPSA) is 29.5 Å². The van der Waals surface area contributed by atoms with Crippen molar-refractivity contribution >= 4 is 5.91 Å². The number of carbonyl (C=O) groups excluding carboxylic acids is 1. The van der Waals surface area contributed by atoms with Gasteiger partial charge in [0, 0.05) is 12.6 Å². The van der Waals surface area contributed by atoms with E-state index in [1.165, 1.54) is 12.8 Å². The van der Waals surface area contributed by atoms with Crippen molar-refractivity contribution in [2.45, 2.75) is 65.0 Å². The lowest BCUT2D eigenvalue weighted by Gasteiger charge is -2.29. The van der Waals surface area contributed by atoms with Gasteiger partial charge in [-0.25, -0.2) is 0 Å². The molecule has 3 nitrogen and oxygen atoms in total. The molecule has 1 heterocycles. The Kier molecular flexibility index (Phi) is 5.81. The first kappa shape index (κ1) is 13.5. The van der Waals surface area contributed by atoms with Gasteiger partial charge in [-0.2, -0.15) is 0 Å². The van der Waals surface area contributed by atoms with Crippen LogP contribution in [0.15, 0.2) is 0 Å². The van der Waals surface area contributed by atoms with Gasteiger partial charge in [0.1, 0.15) is 6.61 Å². The van der Waals surface area contributed by atoms with Crippen LogP contribution in [-0.4, -0.2) is 36.1 Å². The van der Waals surface area contributed by atoms with E-state index in [1.807, 2.05) is 18.7 Å². The normalized spacial score (nSPS) is 22.2.